The fourth-order valence-corrected chi connectivity index (χ4v) is 4.80. The van der Waals surface area contributed by atoms with Gasteiger partial charge in [-0.1, -0.05) is 12.1 Å². The first-order valence-corrected chi connectivity index (χ1v) is 10.8. The predicted octanol–water partition coefficient (Wildman–Crippen LogP) is 1.43. The lowest BCUT2D eigenvalue weighted by molar-refractivity contribution is -0.898. The Hall–Kier alpha value is -1.99. The van der Waals surface area contributed by atoms with Crippen LogP contribution in [0.1, 0.15) is 44.5 Å². The van der Waals surface area contributed by atoms with Gasteiger partial charge in [0.05, 0.1) is 35.8 Å². The van der Waals surface area contributed by atoms with Gasteiger partial charge in [-0.05, 0) is 45.7 Å². The number of nitrogens with zero attached hydrogens (tertiary/aromatic N) is 2. The average Bonchev–Trinajstić information content (AvgIpc) is 3.04. The summed E-state index contributed by atoms with van der Waals surface area (Å²) in [4.78, 5) is 32.3. The third-order valence-electron chi connectivity index (χ3n) is 5.00. The summed E-state index contributed by atoms with van der Waals surface area (Å²) < 4.78 is 1.23. The number of benzene rings is 1. The molecular formula is C21H31N4O2S+. The number of fused-ring (bicyclic) bond motifs is 1. The maximum absolute atomic E-state index is 12.6. The average molecular weight is 404 g/mol. The standard InChI is InChI=1S/C21H30N4O2S/c1-21(2,3)23-18(26)13-24(4)19(27)14-25-11-7-8-15(12-25)20-22-16-9-5-6-10-17(16)28-20/h5-6,9-10,15H,7-8,11-14H2,1-4H3,(H,23,26)/p+1/t15-/m1/s1. The monoisotopic (exact) mass is 403 g/mol. The second-order valence-corrected chi connectivity index (χ2v) is 9.85. The second kappa shape index (κ2) is 8.57. The predicted molar refractivity (Wildman–Crippen MR) is 113 cm³/mol. The minimum Gasteiger partial charge on any atom is -0.350 e. The van der Waals surface area contributed by atoms with Crippen LogP contribution in [0.15, 0.2) is 24.3 Å². The van der Waals surface area contributed by atoms with Crippen LogP contribution >= 0.6 is 11.3 Å². The number of rotatable bonds is 5. The quantitative estimate of drug-likeness (QED) is 0.794. The van der Waals surface area contributed by atoms with Gasteiger partial charge in [-0.3, -0.25) is 9.59 Å². The van der Waals surface area contributed by atoms with Crippen molar-refractivity contribution in [1.82, 2.24) is 15.2 Å². The van der Waals surface area contributed by atoms with Gasteiger partial charge in [0, 0.05) is 12.6 Å². The van der Waals surface area contributed by atoms with Crippen molar-refractivity contribution < 1.29 is 14.5 Å². The van der Waals surface area contributed by atoms with Crippen LogP contribution in [0.4, 0.5) is 0 Å². The van der Waals surface area contributed by atoms with Crippen LogP contribution in [0, 0.1) is 0 Å². The third kappa shape index (κ3) is 5.52. The molecule has 0 spiro atoms. The van der Waals surface area contributed by atoms with Gasteiger partial charge in [0.25, 0.3) is 5.91 Å². The summed E-state index contributed by atoms with van der Waals surface area (Å²) >= 11 is 1.77. The molecule has 2 amide bonds. The summed E-state index contributed by atoms with van der Waals surface area (Å²) in [6, 6.07) is 8.25. The number of nitrogens with one attached hydrogen (secondary N) is 2. The summed E-state index contributed by atoms with van der Waals surface area (Å²) in [5, 5.41) is 4.09. The van der Waals surface area contributed by atoms with E-state index in [1.807, 2.05) is 32.9 Å². The lowest BCUT2D eigenvalue weighted by Gasteiger charge is -2.30. The van der Waals surface area contributed by atoms with Gasteiger partial charge in [0.15, 0.2) is 6.54 Å². The smallest absolute Gasteiger partial charge is 0.277 e. The van der Waals surface area contributed by atoms with Gasteiger partial charge in [-0.2, -0.15) is 0 Å². The third-order valence-corrected chi connectivity index (χ3v) is 6.20. The molecule has 0 bridgehead atoms. The van der Waals surface area contributed by atoms with Crippen LogP contribution in [0.5, 0.6) is 0 Å². The van der Waals surface area contributed by atoms with Crippen LogP contribution in [0.3, 0.4) is 0 Å². The summed E-state index contributed by atoms with van der Waals surface area (Å²) in [5.74, 6) is 0.303. The minimum atomic E-state index is -0.288. The maximum Gasteiger partial charge on any atom is 0.277 e. The van der Waals surface area contributed by atoms with E-state index in [0.29, 0.717) is 12.5 Å². The van der Waals surface area contributed by atoms with Gasteiger partial charge in [0.2, 0.25) is 5.91 Å². The molecule has 2 N–H and O–H groups in total. The van der Waals surface area contributed by atoms with E-state index in [9.17, 15) is 9.59 Å². The Balaban J connectivity index is 1.55. The topological polar surface area (TPSA) is 66.7 Å². The molecule has 1 saturated heterocycles. The number of aromatic nitrogens is 1. The molecule has 6 nitrogen and oxygen atoms in total. The van der Waals surface area contributed by atoms with Gasteiger partial charge in [-0.25, -0.2) is 4.98 Å². The number of para-hydroxylation sites is 1. The number of thiazole rings is 1. The first kappa shape index (κ1) is 20.7. The van der Waals surface area contributed by atoms with Gasteiger partial charge in [-0.15, -0.1) is 11.3 Å². The fraction of sp³-hybridized carbons (Fsp3) is 0.571. The lowest BCUT2D eigenvalue weighted by Crippen LogP contribution is -3.14. The van der Waals surface area contributed by atoms with Crippen molar-refractivity contribution in [1.29, 1.82) is 0 Å². The Morgan fingerprint density at radius 2 is 2.07 bits per heavy atom. The molecule has 28 heavy (non-hydrogen) atoms. The maximum atomic E-state index is 12.6. The Labute approximate surface area is 170 Å². The molecule has 0 aliphatic carbocycles. The first-order valence-electron chi connectivity index (χ1n) is 9.95. The molecule has 7 heteroatoms. The second-order valence-electron chi connectivity index (χ2n) is 8.79. The molecule has 0 saturated carbocycles. The molecule has 2 atom stereocenters. The Morgan fingerprint density at radius 1 is 1.32 bits per heavy atom. The van der Waals surface area contributed by atoms with Crippen LogP contribution in [0.25, 0.3) is 10.2 Å². The summed E-state index contributed by atoms with van der Waals surface area (Å²) in [5.41, 5.74) is 0.777. The highest BCUT2D eigenvalue weighted by atomic mass is 32.1. The summed E-state index contributed by atoms with van der Waals surface area (Å²) in [6.45, 7) is 8.26. The number of carbonyl (C=O) groups is 2. The van der Waals surface area contributed by atoms with E-state index in [1.54, 1.807) is 18.4 Å². The minimum absolute atomic E-state index is 0.0176. The molecule has 0 radical (unpaired) electrons. The van der Waals surface area contributed by atoms with Crippen molar-refractivity contribution in [2.24, 2.45) is 0 Å². The Morgan fingerprint density at radius 3 is 2.79 bits per heavy atom. The van der Waals surface area contributed by atoms with Gasteiger partial charge >= 0.3 is 0 Å². The fourth-order valence-electron chi connectivity index (χ4n) is 3.70. The number of likely N-dealkylation sites (tertiary alicyclic amines) is 1. The Kier molecular flexibility index (Phi) is 6.35. The van der Waals surface area contributed by atoms with E-state index in [4.69, 9.17) is 4.98 Å². The zero-order valence-corrected chi connectivity index (χ0v) is 18.1. The van der Waals surface area contributed by atoms with Crippen molar-refractivity contribution in [2.45, 2.75) is 45.1 Å². The zero-order valence-electron chi connectivity index (χ0n) is 17.2. The molecule has 152 valence electrons. The van der Waals surface area contributed by atoms with Crippen LogP contribution in [-0.4, -0.2) is 60.5 Å². The van der Waals surface area contributed by atoms with Crippen molar-refractivity contribution in [2.75, 3.05) is 33.2 Å². The highest BCUT2D eigenvalue weighted by Crippen LogP contribution is 2.30. The number of hydrogen-bond acceptors (Lipinski definition) is 4. The van der Waals surface area contributed by atoms with Crippen molar-refractivity contribution in [3.63, 3.8) is 0 Å². The molecule has 1 fully saturated rings. The van der Waals surface area contributed by atoms with Crippen molar-refractivity contribution in [3.8, 4) is 0 Å². The van der Waals surface area contributed by atoms with E-state index in [0.717, 1.165) is 31.4 Å². The summed E-state index contributed by atoms with van der Waals surface area (Å²) in [7, 11) is 1.71. The highest BCUT2D eigenvalue weighted by molar-refractivity contribution is 7.18. The summed E-state index contributed by atoms with van der Waals surface area (Å²) in [6.07, 6.45) is 2.22. The van der Waals surface area contributed by atoms with Crippen LogP contribution in [-0.2, 0) is 9.59 Å². The molecule has 1 aromatic heterocycles. The first-order chi connectivity index (χ1) is 13.2. The van der Waals surface area contributed by atoms with E-state index < -0.39 is 0 Å². The van der Waals surface area contributed by atoms with Crippen molar-refractivity contribution >= 4 is 33.4 Å². The van der Waals surface area contributed by atoms with E-state index in [2.05, 4.69) is 17.4 Å². The molecule has 1 aromatic carbocycles. The number of amides is 2. The number of carbonyl (C=O) groups excluding carboxylic acids is 2. The molecule has 1 aliphatic rings. The number of hydrogen-bond donors (Lipinski definition) is 2. The van der Waals surface area contributed by atoms with Crippen LogP contribution < -0.4 is 10.2 Å². The number of likely N-dealkylation sites (N-methyl/N-ethyl adjacent to an activating group) is 1. The van der Waals surface area contributed by atoms with E-state index in [-0.39, 0.29) is 23.9 Å². The van der Waals surface area contributed by atoms with Gasteiger partial charge in [0.1, 0.15) is 5.01 Å². The molecule has 2 heterocycles. The molecule has 2 aromatic rings. The van der Waals surface area contributed by atoms with Crippen LogP contribution in [0.2, 0.25) is 0 Å². The van der Waals surface area contributed by atoms with E-state index >= 15 is 0 Å². The zero-order chi connectivity index (χ0) is 20.3. The molecular weight excluding hydrogens is 372 g/mol. The molecule has 3 rings (SSSR count). The number of piperidine rings is 1. The van der Waals surface area contributed by atoms with E-state index in [1.165, 1.54) is 19.5 Å². The molecule has 1 aliphatic heterocycles. The van der Waals surface area contributed by atoms with Crippen molar-refractivity contribution in [3.05, 3.63) is 29.3 Å². The number of quaternary nitrogens is 1. The highest BCUT2D eigenvalue weighted by Gasteiger charge is 2.29. The normalized spacial score (nSPS) is 20.1. The largest absolute Gasteiger partial charge is 0.350 e. The Bertz CT molecular complexity index is 809. The molecule has 1 unspecified atom stereocenters. The SMILES string of the molecule is CN(CC(=O)NC(C)(C)C)C(=O)C[NH+]1CCC[C@@H](c2nc3ccccc3s2)C1. The lowest BCUT2D eigenvalue weighted by atomic mass is 9.99. The van der Waals surface area contributed by atoms with Gasteiger partial charge < -0.3 is 15.1 Å².